The summed E-state index contributed by atoms with van der Waals surface area (Å²) in [7, 11) is 0. The van der Waals surface area contributed by atoms with E-state index in [-0.39, 0.29) is 17.7 Å². The molecule has 0 saturated carbocycles. The van der Waals surface area contributed by atoms with E-state index in [4.69, 9.17) is 4.52 Å². The van der Waals surface area contributed by atoms with Gasteiger partial charge >= 0.3 is 0 Å². The summed E-state index contributed by atoms with van der Waals surface area (Å²) in [6, 6.07) is 15.5. The van der Waals surface area contributed by atoms with Crippen molar-refractivity contribution in [3.63, 3.8) is 0 Å². The molecule has 2 aliphatic heterocycles. The monoisotopic (exact) mass is 459 g/mol. The van der Waals surface area contributed by atoms with Crippen molar-refractivity contribution in [2.75, 3.05) is 29.9 Å². The molecule has 0 radical (unpaired) electrons. The van der Waals surface area contributed by atoms with E-state index < -0.39 is 0 Å². The van der Waals surface area contributed by atoms with Crippen LogP contribution in [-0.2, 0) is 16.1 Å². The van der Waals surface area contributed by atoms with Gasteiger partial charge in [-0.25, -0.2) is 0 Å². The minimum absolute atomic E-state index is 0.0316. The van der Waals surface area contributed by atoms with Gasteiger partial charge in [-0.2, -0.15) is 4.98 Å². The zero-order chi connectivity index (χ0) is 23.5. The smallest absolute Gasteiger partial charge is 0.241 e. The predicted molar refractivity (Wildman–Crippen MR) is 129 cm³/mol. The summed E-state index contributed by atoms with van der Waals surface area (Å²) < 4.78 is 5.48. The summed E-state index contributed by atoms with van der Waals surface area (Å²) in [4.78, 5) is 33.5. The third-order valence-electron chi connectivity index (χ3n) is 6.67. The van der Waals surface area contributed by atoms with Crippen LogP contribution in [0, 0.1) is 12.8 Å². The number of anilines is 2. The van der Waals surface area contributed by atoms with Gasteiger partial charge in [-0.15, -0.1) is 0 Å². The predicted octanol–water partition coefficient (Wildman–Crippen LogP) is 4.02. The van der Waals surface area contributed by atoms with E-state index in [9.17, 15) is 9.59 Å². The average Bonchev–Trinajstić information content (AvgIpc) is 3.49. The van der Waals surface area contributed by atoms with Gasteiger partial charge in [0, 0.05) is 35.8 Å². The highest BCUT2D eigenvalue weighted by Gasteiger charge is 2.27. The van der Waals surface area contributed by atoms with E-state index in [1.165, 1.54) is 0 Å². The number of aromatic nitrogens is 2. The fourth-order valence-corrected chi connectivity index (χ4v) is 4.71. The second-order valence-corrected chi connectivity index (χ2v) is 9.07. The molecule has 2 fully saturated rings. The molecule has 8 heteroatoms. The van der Waals surface area contributed by atoms with Crippen molar-refractivity contribution in [2.45, 2.75) is 39.2 Å². The second-order valence-electron chi connectivity index (χ2n) is 9.07. The molecule has 1 N–H and O–H groups in total. The molecule has 3 aromatic rings. The van der Waals surface area contributed by atoms with Crippen molar-refractivity contribution < 1.29 is 14.1 Å². The Bertz CT molecular complexity index is 1180. The molecule has 3 heterocycles. The van der Waals surface area contributed by atoms with Crippen molar-refractivity contribution in [1.29, 1.82) is 0 Å². The number of amides is 2. The Morgan fingerprint density at radius 3 is 2.71 bits per heavy atom. The first-order chi connectivity index (χ1) is 16.6. The number of rotatable bonds is 6. The molecule has 0 aliphatic carbocycles. The maximum absolute atomic E-state index is 12.9. The van der Waals surface area contributed by atoms with E-state index in [1.54, 1.807) is 4.90 Å². The summed E-state index contributed by atoms with van der Waals surface area (Å²) in [6.45, 7) is 4.94. The fourth-order valence-electron chi connectivity index (χ4n) is 4.71. The van der Waals surface area contributed by atoms with Crippen molar-refractivity contribution >= 4 is 23.2 Å². The summed E-state index contributed by atoms with van der Waals surface area (Å²) in [5, 5.41) is 7.19. The van der Waals surface area contributed by atoms with Crippen LogP contribution in [-0.4, -0.2) is 46.5 Å². The van der Waals surface area contributed by atoms with Crippen LogP contribution in [0.4, 0.5) is 11.4 Å². The number of aryl methyl sites for hydroxylation is 1. The highest BCUT2D eigenvalue weighted by Crippen LogP contribution is 2.26. The molecule has 0 bridgehead atoms. The molecular formula is C26H29N5O3. The molecule has 2 aromatic carbocycles. The van der Waals surface area contributed by atoms with Crippen molar-refractivity contribution in [3.8, 4) is 11.4 Å². The quantitative estimate of drug-likeness (QED) is 0.599. The van der Waals surface area contributed by atoms with Crippen LogP contribution >= 0.6 is 0 Å². The maximum atomic E-state index is 12.9. The number of hydrogen-bond donors (Lipinski definition) is 1. The summed E-state index contributed by atoms with van der Waals surface area (Å²) in [5.41, 5.74) is 3.67. The van der Waals surface area contributed by atoms with Gasteiger partial charge in [0.25, 0.3) is 0 Å². The van der Waals surface area contributed by atoms with Gasteiger partial charge in [-0.3, -0.25) is 14.5 Å². The minimum Gasteiger partial charge on any atom is -0.338 e. The zero-order valence-electron chi connectivity index (χ0n) is 19.4. The third-order valence-corrected chi connectivity index (χ3v) is 6.67. The van der Waals surface area contributed by atoms with Crippen LogP contribution in [0.2, 0.25) is 0 Å². The average molecular weight is 460 g/mol. The first kappa shape index (κ1) is 22.3. The summed E-state index contributed by atoms with van der Waals surface area (Å²) in [5.74, 6) is 1.33. The first-order valence-corrected chi connectivity index (χ1v) is 11.9. The van der Waals surface area contributed by atoms with E-state index in [0.29, 0.717) is 24.7 Å². The van der Waals surface area contributed by atoms with Gasteiger partial charge in [-0.1, -0.05) is 35.5 Å². The van der Waals surface area contributed by atoms with Crippen LogP contribution < -0.4 is 10.2 Å². The molecule has 2 aliphatic rings. The molecule has 2 saturated heterocycles. The van der Waals surface area contributed by atoms with E-state index >= 15 is 0 Å². The lowest BCUT2D eigenvalue weighted by atomic mass is 9.96. The van der Waals surface area contributed by atoms with Crippen LogP contribution in [0.1, 0.15) is 37.1 Å². The molecule has 0 unspecified atom stereocenters. The zero-order valence-corrected chi connectivity index (χ0v) is 19.4. The largest absolute Gasteiger partial charge is 0.338 e. The number of carbonyl (C=O) groups excluding carboxylic acids is 2. The van der Waals surface area contributed by atoms with Gasteiger partial charge in [0.15, 0.2) is 0 Å². The normalized spacial score (nSPS) is 17.3. The van der Waals surface area contributed by atoms with Gasteiger partial charge in [0.1, 0.15) is 0 Å². The third kappa shape index (κ3) is 4.87. The molecule has 0 spiro atoms. The van der Waals surface area contributed by atoms with E-state index in [0.717, 1.165) is 61.4 Å². The number of piperidine rings is 1. The number of benzene rings is 2. The standard InChI is InChI=1S/C26H29N5O3/c1-18-6-2-3-9-22(18)25-28-23(34-29-25)17-30-14-11-19(12-15-30)26(33)27-20-7-4-8-21(16-20)31-13-5-10-24(31)32/h2-4,6-9,16,19H,5,10-15,17H2,1H3,(H,27,33). The fraction of sp³-hybridized carbons (Fsp3) is 0.385. The maximum Gasteiger partial charge on any atom is 0.241 e. The van der Waals surface area contributed by atoms with Gasteiger partial charge in [0.2, 0.25) is 23.5 Å². The lowest BCUT2D eigenvalue weighted by molar-refractivity contribution is -0.121. The summed E-state index contributed by atoms with van der Waals surface area (Å²) >= 11 is 0. The Balaban J connectivity index is 1.14. The lowest BCUT2D eigenvalue weighted by Crippen LogP contribution is -2.37. The Kier molecular flexibility index (Phi) is 6.40. The molecule has 8 nitrogen and oxygen atoms in total. The number of carbonyl (C=O) groups is 2. The SMILES string of the molecule is Cc1ccccc1-c1noc(CN2CCC(C(=O)Nc3cccc(N4CCCC4=O)c3)CC2)n1. The molecule has 176 valence electrons. The Morgan fingerprint density at radius 2 is 1.94 bits per heavy atom. The molecular weight excluding hydrogens is 430 g/mol. The van der Waals surface area contributed by atoms with Crippen LogP contribution in [0.15, 0.2) is 53.1 Å². The minimum atomic E-state index is -0.0430. The Hall–Kier alpha value is -3.52. The molecule has 34 heavy (non-hydrogen) atoms. The van der Waals surface area contributed by atoms with Crippen LogP contribution in [0.5, 0.6) is 0 Å². The Morgan fingerprint density at radius 1 is 1.12 bits per heavy atom. The van der Waals surface area contributed by atoms with Gasteiger partial charge in [-0.05, 0) is 63.0 Å². The molecule has 1 aromatic heterocycles. The molecule has 0 atom stereocenters. The van der Waals surface area contributed by atoms with Gasteiger partial charge < -0.3 is 14.7 Å². The van der Waals surface area contributed by atoms with Crippen LogP contribution in [0.25, 0.3) is 11.4 Å². The van der Waals surface area contributed by atoms with Crippen molar-refractivity contribution in [1.82, 2.24) is 15.0 Å². The van der Waals surface area contributed by atoms with Gasteiger partial charge in [0.05, 0.1) is 6.54 Å². The van der Waals surface area contributed by atoms with Crippen molar-refractivity contribution in [3.05, 3.63) is 60.0 Å². The highest BCUT2D eigenvalue weighted by molar-refractivity contribution is 5.97. The molecule has 5 rings (SSSR count). The molecule has 2 amide bonds. The number of hydrogen-bond acceptors (Lipinski definition) is 6. The van der Waals surface area contributed by atoms with Crippen molar-refractivity contribution in [2.24, 2.45) is 5.92 Å². The Labute approximate surface area is 198 Å². The van der Waals surface area contributed by atoms with E-state index in [1.807, 2.05) is 55.5 Å². The van der Waals surface area contributed by atoms with Crippen LogP contribution in [0.3, 0.4) is 0 Å². The van der Waals surface area contributed by atoms with E-state index in [2.05, 4.69) is 20.4 Å². The lowest BCUT2D eigenvalue weighted by Gasteiger charge is -2.30. The number of nitrogens with one attached hydrogen (secondary N) is 1. The topological polar surface area (TPSA) is 91.6 Å². The second kappa shape index (κ2) is 9.77. The number of nitrogens with zero attached hydrogens (tertiary/aromatic N) is 4. The summed E-state index contributed by atoms with van der Waals surface area (Å²) in [6.07, 6.45) is 3.01. The highest BCUT2D eigenvalue weighted by atomic mass is 16.5. The number of likely N-dealkylation sites (tertiary alicyclic amines) is 1. The first-order valence-electron chi connectivity index (χ1n) is 11.9.